The number of methoxy groups -OCH3 is 1. The van der Waals surface area contributed by atoms with Gasteiger partial charge in [0, 0.05) is 23.8 Å². The maximum atomic E-state index is 13.3. The summed E-state index contributed by atoms with van der Waals surface area (Å²) in [5.41, 5.74) is 3.22. The second-order valence-corrected chi connectivity index (χ2v) is 9.92. The van der Waals surface area contributed by atoms with E-state index in [0.717, 1.165) is 23.2 Å². The van der Waals surface area contributed by atoms with E-state index in [-0.39, 0.29) is 23.4 Å². The molecule has 7 nitrogen and oxygen atoms in total. The number of sulfonamides is 1. The summed E-state index contributed by atoms with van der Waals surface area (Å²) in [6.45, 7) is 4.51. The molecular formula is C26H28N2O5S. The van der Waals surface area contributed by atoms with Crippen molar-refractivity contribution in [3.8, 4) is 11.5 Å². The van der Waals surface area contributed by atoms with Gasteiger partial charge in [-0.15, -0.1) is 0 Å². The molecule has 3 aromatic carbocycles. The fourth-order valence-corrected chi connectivity index (χ4v) is 5.11. The molecule has 0 spiro atoms. The van der Waals surface area contributed by atoms with Crippen molar-refractivity contribution in [2.45, 2.75) is 37.8 Å². The molecular weight excluding hydrogens is 452 g/mol. The number of fused-ring (bicyclic) bond motifs is 1. The minimum atomic E-state index is -3.69. The van der Waals surface area contributed by atoms with Crippen molar-refractivity contribution in [3.63, 3.8) is 0 Å². The van der Waals surface area contributed by atoms with Crippen LogP contribution in [-0.4, -0.2) is 34.1 Å². The molecule has 0 radical (unpaired) electrons. The summed E-state index contributed by atoms with van der Waals surface area (Å²) in [6, 6.07) is 19.1. The molecule has 1 N–H and O–H groups in total. The average Bonchev–Trinajstić information content (AvgIpc) is 3.18. The number of hydrogen-bond donors (Lipinski definition) is 1. The number of benzene rings is 3. The van der Waals surface area contributed by atoms with Crippen molar-refractivity contribution >= 4 is 21.6 Å². The van der Waals surface area contributed by atoms with Crippen LogP contribution in [0.1, 0.15) is 35.3 Å². The second kappa shape index (κ2) is 9.87. The summed E-state index contributed by atoms with van der Waals surface area (Å²) in [6.07, 6.45) is 0.745. The van der Waals surface area contributed by atoms with Crippen LogP contribution in [0.2, 0.25) is 0 Å². The van der Waals surface area contributed by atoms with E-state index in [1.807, 2.05) is 32.0 Å². The Kier molecular flexibility index (Phi) is 6.90. The lowest BCUT2D eigenvalue weighted by Crippen LogP contribution is -2.35. The maximum absolute atomic E-state index is 13.3. The lowest BCUT2D eigenvalue weighted by atomic mass is 10.1. The third-order valence-electron chi connectivity index (χ3n) is 5.83. The van der Waals surface area contributed by atoms with Gasteiger partial charge in [-0.3, -0.25) is 4.79 Å². The molecule has 0 saturated heterocycles. The van der Waals surface area contributed by atoms with Crippen LogP contribution in [0.15, 0.2) is 71.6 Å². The fourth-order valence-electron chi connectivity index (χ4n) is 4.09. The quantitative estimate of drug-likeness (QED) is 0.523. The summed E-state index contributed by atoms with van der Waals surface area (Å²) >= 11 is 0. The molecule has 0 unspecified atom stereocenters. The third kappa shape index (κ3) is 4.93. The van der Waals surface area contributed by atoms with E-state index in [2.05, 4.69) is 4.72 Å². The van der Waals surface area contributed by atoms with Crippen molar-refractivity contribution < 1.29 is 22.7 Å². The lowest BCUT2D eigenvalue weighted by molar-refractivity contribution is 0.0981. The molecule has 3 aromatic rings. The van der Waals surface area contributed by atoms with E-state index in [9.17, 15) is 13.2 Å². The van der Waals surface area contributed by atoms with Crippen molar-refractivity contribution in [1.82, 2.24) is 4.72 Å². The van der Waals surface area contributed by atoms with E-state index in [4.69, 9.17) is 9.47 Å². The number of carbonyl (C=O) groups is 1. The second-order valence-electron chi connectivity index (χ2n) is 8.15. The Hall–Kier alpha value is -3.36. The van der Waals surface area contributed by atoms with Crippen LogP contribution in [0.25, 0.3) is 0 Å². The number of amides is 1. The molecule has 1 heterocycles. The molecule has 0 bridgehead atoms. The van der Waals surface area contributed by atoms with Crippen LogP contribution in [-0.2, 0) is 23.0 Å². The van der Waals surface area contributed by atoms with Gasteiger partial charge in [-0.2, -0.15) is 0 Å². The Morgan fingerprint density at radius 3 is 2.35 bits per heavy atom. The number of ether oxygens (including phenoxy) is 2. The van der Waals surface area contributed by atoms with Gasteiger partial charge in [0.05, 0.1) is 18.6 Å². The standard InChI is InChI=1S/C26H28N2O5S/c1-4-33-23-11-13-24(14-12-23)34(30,31)27-17-19-5-6-21-15-18(2)28(25(21)16-19)26(29)20-7-9-22(32-3)10-8-20/h5-14,16,18,27H,4,15,17H2,1-3H3/t18-/m1/s1. The maximum Gasteiger partial charge on any atom is 0.258 e. The van der Waals surface area contributed by atoms with Gasteiger partial charge >= 0.3 is 0 Å². The van der Waals surface area contributed by atoms with E-state index in [1.165, 1.54) is 12.1 Å². The Morgan fingerprint density at radius 2 is 1.71 bits per heavy atom. The minimum Gasteiger partial charge on any atom is -0.497 e. The van der Waals surface area contributed by atoms with E-state index in [0.29, 0.717) is 23.7 Å². The van der Waals surface area contributed by atoms with Crippen LogP contribution in [0.4, 0.5) is 5.69 Å². The van der Waals surface area contributed by atoms with Crippen molar-refractivity contribution in [1.29, 1.82) is 0 Å². The minimum absolute atomic E-state index is 0.000368. The first-order chi connectivity index (χ1) is 16.3. The van der Waals surface area contributed by atoms with Gasteiger partial charge in [-0.05, 0) is 86.0 Å². The Bertz CT molecular complexity index is 1270. The molecule has 4 rings (SSSR count). The van der Waals surface area contributed by atoms with Gasteiger partial charge in [0.25, 0.3) is 5.91 Å². The number of rotatable bonds is 8. The number of nitrogens with one attached hydrogen (secondary N) is 1. The molecule has 0 aliphatic carbocycles. The summed E-state index contributed by atoms with van der Waals surface area (Å²) in [5.74, 6) is 1.21. The van der Waals surface area contributed by atoms with Gasteiger partial charge in [-0.25, -0.2) is 13.1 Å². The van der Waals surface area contributed by atoms with Gasteiger partial charge in [0.1, 0.15) is 11.5 Å². The zero-order valence-electron chi connectivity index (χ0n) is 19.4. The van der Waals surface area contributed by atoms with Gasteiger partial charge < -0.3 is 14.4 Å². The van der Waals surface area contributed by atoms with E-state index in [1.54, 1.807) is 48.4 Å². The fraction of sp³-hybridized carbons (Fsp3) is 0.269. The third-order valence-corrected chi connectivity index (χ3v) is 7.25. The van der Waals surface area contributed by atoms with Gasteiger partial charge in [0.15, 0.2) is 0 Å². The highest BCUT2D eigenvalue weighted by Crippen LogP contribution is 2.34. The number of hydrogen-bond acceptors (Lipinski definition) is 5. The van der Waals surface area contributed by atoms with E-state index >= 15 is 0 Å². The average molecular weight is 481 g/mol. The Balaban J connectivity index is 1.51. The number of anilines is 1. The number of nitrogens with zero attached hydrogens (tertiary/aromatic N) is 1. The van der Waals surface area contributed by atoms with Crippen LogP contribution in [0, 0.1) is 0 Å². The first-order valence-corrected chi connectivity index (χ1v) is 12.6. The molecule has 0 fully saturated rings. The Morgan fingerprint density at radius 1 is 1.03 bits per heavy atom. The van der Waals surface area contributed by atoms with Crippen LogP contribution < -0.4 is 19.1 Å². The number of carbonyl (C=O) groups excluding carboxylic acids is 1. The van der Waals surface area contributed by atoms with Crippen molar-refractivity contribution in [3.05, 3.63) is 83.4 Å². The predicted octanol–water partition coefficient (Wildman–Crippen LogP) is 4.16. The molecule has 0 aromatic heterocycles. The first-order valence-electron chi connectivity index (χ1n) is 11.1. The molecule has 1 atom stereocenters. The molecule has 1 aliphatic heterocycles. The van der Waals surface area contributed by atoms with Gasteiger partial charge in [0.2, 0.25) is 10.0 Å². The molecule has 34 heavy (non-hydrogen) atoms. The van der Waals surface area contributed by atoms with Gasteiger partial charge in [-0.1, -0.05) is 12.1 Å². The molecule has 8 heteroatoms. The van der Waals surface area contributed by atoms with Crippen LogP contribution in [0.5, 0.6) is 11.5 Å². The normalized spacial score (nSPS) is 15.1. The van der Waals surface area contributed by atoms with Crippen LogP contribution >= 0.6 is 0 Å². The van der Waals surface area contributed by atoms with Crippen molar-refractivity contribution in [2.75, 3.05) is 18.6 Å². The van der Waals surface area contributed by atoms with Crippen molar-refractivity contribution in [2.24, 2.45) is 0 Å². The smallest absolute Gasteiger partial charge is 0.258 e. The highest BCUT2D eigenvalue weighted by atomic mass is 32.2. The SMILES string of the molecule is CCOc1ccc(S(=O)(=O)NCc2ccc3c(c2)N(C(=O)c2ccc(OC)cc2)[C@H](C)C3)cc1. The predicted molar refractivity (Wildman–Crippen MR) is 131 cm³/mol. The zero-order chi connectivity index (χ0) is 24.3. The molecule has 0 saturated carbocycles. The molecule has 178 valence electrons. The highest BCUT2D eigenvalue weighted by Gasteiger charge is 2.31. The largest absolute Gasteiger partial charge is 0.497 e. The summed E-state index contributed by atoms with van der Waals surface area (Å²) in [7, 11) is -2.11. The Labute approximate surface area is 200 Å². The lowest BCUT2D eigenvalue weighted by Gasteiger charge is -2.23. The topological polar surface area (TPSA) is 84.9 Å². The molecule has 1 aliphatic rings. The first kappa shape index (κ1) is 23.8. The summed E-state index contributed by atoms with van der Waals surface area (Å²) in [4.78, 5) is 15.2. The monoisotopic (exact) mass is 480 g/mol. The zero-order valence-corrected chi connectivity index (χ0v) is 20.3. The summed E-state index contributed by atoms with van der Waals surface area (Å²) < 4.78 is 38.7. The molecule has 1 amide bonds. The van der Waals surface area contributed by atoms with Crippen LogP contribution in [0.3, 0.4) is 0 Å². The highest BCUT2D eigenvalue weighted by molar-refractivity contribution is 7.89. The van der Waals surface area contributed by atoms with E-state index < -0.39 is 10.0 Å². The summed E-state index contributed by atoms with van der Waals surface area (Å²) in [5, 5.41) is 0.